The average molecular weight is 267 g/mol. The minimum atomic E-state index is -0.715. The normalized spacial score (nSPS) is 12.9. The molecule has 0 spiro atoms. The van der Waals surface area contributed by atoms with Gasteiger partial charge in [0.15, 0.2) is 0 Å². The molecule has 0 radical (unpaired) electrons. The van der Waals surface area contributed by atoms with E-state index < -0.39 is 17.5 Å². The van der Waals surface area contributed by atoms with Gasteiger partial charge in [-0.25, -0.2) is 4.79 Å². The van der Waals surface area contributed by atoms with E-state index in [1.807, 2.05) is 20.8 Å². The zero-order valence-corrected chi connectivity index (χ0v) is 12.0. The van der Waals surface area contributed by atoms with Crippen LogP contribution in [-0.2, 0) is 11.8 Å². The number of urea groups is 1. The van der Waals surface area contributed by atoms with Crippen LogP contribution in [0.1, 0.15) is 20.8 Å². The summed E-state index contributed by atoms with van der Waals surface area (Å²) in [5.74, 6) is -0.237. The number of nitrogens with two attached hydrogens (primary N) is 1. The van der Waals surface area contributed by atoms with Gasteiger partial charge in [-0.15, -0.1) is 0 Å². The van der Waals surface area contributed by atoms with E-state index in [2.05, 4.69) is 10.4 Å². The summed E-state index contributed by atoms with van der Waals surface area (Å²) >= 11 is 0. The van der Waals surface area contributed by atoms with Crippen molar-refractivity contribution < 1.29 is 9.59 Å². The largest absolute Gasteiger partial charge is 0.352 e. The van der Waals surface area contributed by atoms with Gasteiger partial charge in [0.2, 0.25) is 5.91 Å². The first-order valence-corrected chi connectivity index (χ1v) is 5.95. The first-order valence-electron chi connectivity index (χ1n) is 5.95. The Morgan fingerprint density at radius 1 is 1.47 bits per heavy atom. The van der Waals surface area contributed by atoms with Crippen LogP contribution < -0.4 is 16.0 Å². The van der Waals surface area contributed by atoms with Gasteiger partial charge in [-0.3, -0.25) is 9.48 Å². The fraction of sp³-hybridized carbons (Fsp3) is 0.583. The van der Waals surface area contributed by atoms with Crippen LogP contribution >= 0.6 is 0 Å². The Morgan fingerprint density at radius 2 is 2.05 bits per heavy atom. The molecule has 0 aliphatic carbocycles. The smallest absolute Gasteiger partial charge is 0.312 e. The fourth-order valence-corrected chi connectivity index (χ4v) is 1.69. The molecule has 0 saturated carbocycles. The van der Waals surface area contributed by atoms with Crippen molar-refractivity contribution in [1.29, 1.82) is 0 Å². The SMILES string of the molecule is CN(C(=O)C(NC(N)=O)C(C)(C)C)c1cnn(C)c1. The van der Waals surface area contributed by atoms with Gasteiger partial charge in [0.1, 0.15) is 6.04 Å². The maximum Gasteiger partial charge on any atom is 0.312 e. The van der Waals surface area contributed by atoms with Crippen LogP contribution in [0.3, 0.4) is 0 Å². The summed E-state index contributed by atoms with van der Waals surface area (Å²) < 4.78 is 1.60. The standard InChI is InChI=1S/C12H21N5O2/c1-12(2,3)9(15-11(13)19)10(18)17(5)8-6-14-16(4)7-8/h6-7,9H,1-5H3,(H3,13,15,19). The van der Waals surface area contributed by atoms with Crippen molar-refractivity contribution in [3.05, 3.63) is 12.4 Å². The van der Waals surface area contributed by atoms with E-state index >= 15 is 0 Å². The lowest BCUT2D eigenvalue weighted by molar-refractivity contribution is -0.122. The molecule has 1 aromatic heterocycles. The average Bonchev–Trinajstić information content (AvgIpc) is 2.69. The Labute approximate surface area is 112 Å². The molecule has 7 nitrogen and oxygen atoms in total. The van der Waals surface area contributed by atoms with Crippen LogP contribution in [0.25, 0.3) is 0 Å². The minimum Gasteiger partial charge on any atom is -0.352 e. The first kappa shape index (κ1) is 15.0. The molecule has 0 aliphatic rings. The number of rotatable bonds is 3. The van der Waals surface area contributed by atoms with Crippen molar-refractivity contribution in [1.82, 2.24) is 15.1 Å². The van der Waals surface area contributed by atoms with Gasteiger partial charge < -0.3 is 16.0 Å². The van der Waals surface area contributed by atoms with E-state index in [1.54, 1.807) is 31.2 Å². The van der Waals surface area contributed by atoms with Crippen molar-refractivity contribution in [2.75, 3.05) is 11.9 Å². The monoisotopic (exact) mass is 267 g/mol. The zero-order valence-electron chi connectivity index (χ0n) is 12.0. The van der Waals surface area contributed by atoms with Crippen LogP contribution in [0, 0.1) is 5.41 Å². The molecule has 1 aromatic rings. The third-order valence-electron chi connectivity index (χ3n) is 2.81. The van der Waals surface area contributed by atoms with Crippen molar-refractivity contribution >= 4 is 17.6 Å². The van der Waals surface area contributed by atoms with E-state index in [-0.39, 0.29) is 5.91 Å². The molecule has 1 rings (SSSR count). The number of nitrogens with zero attached hydrogens (tertiary/aromatic N) is 3. The number of aromatic nitrogens is 2. The van der Waals surface area contributed by atoms with Crippen LogP contribution in [0.15, 0.2) is 12.4 Å². The highest BCUT2D eigenvalue weighted by Gasteiger charge is 2.34. The molecule has 3 amide bonds. The molecule has 0 aromatic carbocycles. The van der Waals surface area contributed by atoms with Crippen LogP contribution in [0.4, 0.5) is 10.5 Å². The molecular weight excluding hydrogens is 246 g/mol. The minimum absolute atomic E-state index is 0.237. The maximum absolute atomic E-state index is 12.5. The number of anilines is 1. The van der Waals surface area contributed by atoms with Gasteiger partial charge in [0.05, 0.1) is 11.9 Å². The highest BCUT2D eigenvalue weighted by molar-refractivity contribution is 5.98. The Bertz CT molecular complexity index is 475. The Balaban J connectivity index is 2.96. The number of carbonyl (C=O) groups is 2. The van der Waals surface area contributed by atoms with Crippen molar-refractivity contribution in [3.63, 3.8) is 0 Å². The van der Waals surface area contributed by atoms with Gasteiger partial charge in [0.25, 0.3) is 0 Å². The number of hydrogen-bond donors (Lipinski definition) is 2. The van der Waals surface area contributed by atoms with Gasteiger partial charge in [-0.1, -0.05) is 20.8 Å². The molecule has 1 heterocycles. The van der Waals surface area contributed by atoms with E-state index in [0.29, 0.717) is 5.69 Å². The first-order chi connectivity index (χ1) is 8.62. The molecule has 1 unspecified atom stereocenters. The summed E-state index contributed by atoms with van der Waals surface area (Å²) in [4.78, 5) is 25.0. The molecule has 1 atom stereocenters. The lowest BCUT2D eigenvalue weighted by Gasteiger charge is -2.32. The molecule has 7 heteroatoms. The second-order valence-electron chi connectivity index (χ2n) is 5.58. The zero-order chi connectivity index (χ0) is 14.8. The topological polar surface area (TPSA) is 93.2 Å². The molecule has 0 aliphatic heterocycles. The summed E-state index contributed by atoms with van der Waals surface area (Å²) in [5.41, 5.74) is 5.35. The second-order valence-corrected chi connectivity index (χ2v) is 5.58. The second kappa shape index (κ2) is 5.29. The number of likely N-dealkylation sites (N-methyl/N-ethyl adjacent to an activating group) is 1. The summed E-state index contributed by atoms with van der Waals surface area (Å²) in [7, 11) is 3.41. The van der Waals surface area contributed by atoms with Crippen molar-refractivity contribution in [3.8, 4) is 0 Å². The predicted octanol–water partition coefficient (Wildman–Crippen LogP) is 0.466. The third kappa shape index (κ3) is 3.70. The lowest BCUT2D eigenvalue weighted by Crippen LogP contribution is -2.55. The summed E-state index contributed by atoms with van der Waals surface area (Å²) in [6.07, 6.45) is 3.31. The predicted molar refractivity (Wildman–Crippen MR) is 72.6 cm³/mol. The summed E-state index contributed by atoms with van der Waals surface area (Å²) in [6.45, 7) is 5.59. The maximum atomic E-state index is 12.5. The van der Waals surface area contributed by atoms with E-state index in [1.165, 1.54) is 4.90 Å². The highest BCUT2D eigenvalue weighted by Crippen LogP contribution is 2.22. The molecule has 106 valence electrons. The summed E-state index contributed by atoms with van der Waals surface area (Å²) in [5, 5.41) is 6.51. The number of hydrogen-bond acceptors (Lipinski definition) is 3. The van der Waals surface area contributed by atoms with Gasteiger partial charge in [-0.2, -0.15) is 5.10 Å². The number of carbonyl (C=O) groups excluding carboxylic acids is 2. The van der Waals surface area contributed by atoms with E-state index in [0.717, 1.165) is 0 Å². The Kier molecular flexibility index (Phi) is 4.18. The van der Waals surface area contributed by atoms with Crippen molar-refractivity contribution in [2.24, 2.45) is 18.2 Å². The van der Waals surface area contributed by atoms with Crippen LogP contribution in [0.2, 0.25) is 0 Å². The molecule has 0 fully saturated rings. The number of primary amides is 1. The molecule has 0 bridgehead atoms. The molecule has 3 N–H and O–H groups in total. The Hall–Kier alpha value is -2.05. The molecule has 19 heavy (non-hydrogen) atoms. The third-order valence-corrected chi connectivity index (χ3v) is 2.81. The van der Waals surface area contributed by atoms with E-state index in [4.69, 9.17) is 5.73 Å². The van der Waals surface area contributed by atoms with Crippen LogP contribution in [0.5, 0.6) is 0 Å². The van der Waals surface area contributed by atoms with Gasteiger partial charge >= 0.3 is 6.03 Å². The van der Waals surface area contributed by atoms with Crippen molar-refractivity contribution in [2.45, 2.75) is 26.8 Å². The Morgan fingerprint density at radius 3 is 2.42 bits per heavy atom. The lowest BCUT2D eigenvalue weighted by atomic mass is 9.86. The van der Waals surface area contributed by atoms with Gasteiger partial charge in [-0.05, 0) is 5.41 Å². The summed E-state index contributed by atoms with van der Waals surface area (Å²) in [6, 6.07) is -1.41. The molecule has 0 saturated heterocycles. The van der Waals surface area contributed by atoms with E-state index in [9.17, 15) is 9.59 Å². The fourth-order valence-electron chi connectivity index (χ4n) is 1.69. The number of aryl methyl sites for hydroxylation is 1. The number of nitrogens with one attached hydrogen (secondary N) is 1. The van der Waals surface area contributed by atoms with Crippen LogP contribution in [-0.4, -0.2) is 34.8 Å². The highest BCUT2D eigenvalue weighted by atomic mass is 16.2. The molecular formula is C12H21N5O2. The quantitative estimate of drug-likeness (QED) is 0.833. The number of amides is 3. The van der Waals surface area contributed by atoms with Gasteiger partial charge in [0, 0.05) is 20.3 Å².